The van der Waals surface area contributed by atoms with Crippen molar-refractivity contribution in [1.29, 1.82) is 0 Å². The van der Waals surface area contributed by atoms with E-state index in [9.17, 15) is 0 Å². The van der Waals surface area contributed by atoms with Gasteiger partial charge in [0.15, 0.2) is 0 Å². The maximum Gasteiger partial charge on any atom is 0.0665 e. The van der Waals surface area contributed by atoms with E-state index in [2.05, 4.69) is 71.1 Å². The Bertz CT molecular complexity index is 391. The zero-order valence-corrected chi connectivity index (χ0v) is 14.7. The van der Waals surface area contributed by atoms with Gasteiger partial charge < -0.3 is 10.1 Å². The average molecular weight is 291 g/mol. The van der Waals surface area contributed by atoms with Crippen molar-refractivity contribution in [3.63, 3.8) is 0 Å². The molecule has 0 saturated heterocycles. The molecule has 2 nitrogen and oxygen atoms in total. The van der Waals surface area contributed by atoms with Crippen molar-refractivity contribution in [2.24, 2.45) is 0 Å². The van der Waals surface area contributed by atoms with Gasteiger partial charge in [-0.2, -0.15) is 0 Å². The Balaban J connectivity index is 2.71. The summed E-state index contributed by atoms with van der Waals surface area (Å²) in [5.41, 5.74) is 2.90. The van der Waals surface area contributed by atoms with Crippen molar-refractivity contribution in [3.8, 4) is 0 Å². The lowest BCUT2D eigenvalue weighted by Crippen LogP contribution is -2.27. The first-order chi connectivity index (χ1) is 9.88. The van der Waals surface area contributed by atoms with Gasteiger partial charge in [0, 0.05) is 0 Å². The van der Waals surface area contributed by atoms with Gasteiger partial charge in [-0.1, -0.05) is 65.3 Å². The van der Waals surface area contributed by atoms with Crippen LogP contribution in [0.15, 0.2) is 24.3 Å². The van der Waals surface area contributed by atoms with Gasteiger partial charge in [0.25, 0.3) is 0 Å². The van der Waals surface area contributed by atoms with Crippen LogP contribution in [0.2, 0.25) is 0 Å². The number of nitrogens with one attached hydrogen (secondary N) is 1. The molecular formula is C19H33NO. The number of rotatable bonds is 8. The van der Waals surface area contributed by atoms with Crippen LogP contribution in [0, 0.1) is 0 Å². The quantitative estimate of drug-likeness (QED) is 0.740. The van der Waals surface area contributed by atoms with E-state index in [4.69, 9.17) is 4.74 Å². The summed E-state index contributed by atoms with van der Waals surface area (Å²) < 4.78 is 5.99. The van der Waals surface area contributed by atoms with Gasteiger partial charge >= 0.3 is 0 Å². The SMILES string of the molecule is CCCC(C)OCC(NCC)c1ccc(C(C)(C)C)cc1. The van der Waals surface area contributed by atoms with Crippen molar-refractivity contribution in [3.05, 3.63) is 35.4 Å². The smallest absolute Gasteiger partial charge is 0.0665 e. The first-order valence-electron chi connectivity index (χ1n) is 8.33. The van der Waals surface area contributed by atoms with Crippen LogP contribution >= 0.6 is 0 Å². The molecule has 0 radical (unpaired) electrons. The van der Waals surface area contributed by atoms with Crippen LogP contribution in [0.1, 0.15) is 71.6 Å². The summed E-state index contributed by atoms with van der Waals surface area (Å²) in [5.74, 6) is 0. The molecule has 1 N–H and O–H groups in total. The molecule has 1 rings (SSSR count). The summed E-state index contributed by atoms with van der Waals surface area (Å²) in [5, 5.41) is 3.53. The molecule has 1 aromatic carbocycles. The molecule has 2 unspecified atom stereocenters. The maximum atomic E-state index is 5.99. The molecule has 120 valence electrons. The number of hydrogen-bond acceptors (Lipinski definition) is 2. The molecule has 2 atom stereocenters. The van der Waals surface area contributed by atoms with Crippen molar-refractivity contribution in [1.82, 2.24) is 5.32 Å². The van der Waals surface area contributed by atoms with Crippen molar-refractivity contribution < 1.29 is 4.74 Å². The molecule has 0 aliphatic heterocycles. The third-order valence-electron chi connectivity index (χ3n) is 3.87. The van der Waals surface area contributed by atoms with E-state index in [1.165, 1.54) is 17.5 Å². The van der Waals surface area contributed by atoms with Crippen LogP contribution in [0.3, 0.4) is 0 Å². The standard InChI is InChI=1S/C19H33NO/c1-7-9-15(3)21-14-18(20-8-2)16-10-12-17(13-11-16)19(4,5)6/h10-13,15,18,20H,7-9,14H2,1-6H3. The molecule has 21 heavy (non-hydrogen) atoms. The highest BCUT2D eigenvalue weighted by Gasteiger charge is 2.16. The molecule has 0 aliphatic rings. The fourth-order valence-electron chi connectivity index (χ4n) is 2.49. The molecule has 0 heterocycles. The van der Waals surface area contributed by atoms with E-state index >= 15 is 0 Å². The molecule has 0 bridgehead atoms. The molecule has 0 amide bonds. The van der Waals surface area contributed by atoms with Gasteiger partial charge in [-0.15, -0.1) is 0 Å². The van der Waals surface area contributed by atoms with Crippen molar-refractivity contribution in [2.45, 2.75) is 71.9 Å². The summed E-state index contributed by atoms with van der Waals surface area (Å²) in [6.45, 7) is 15.0. The second-order valence-electron chi connectivity index (χ2n) is 6.91. The first-order valence-corrected chi connectivity index (χ1v) is 8.33. The monoisotopic (exact) mass is 291 g/mol. The Morgan fingerprint density at radius 1 is 1.10 bits per heavy atom. The number of hydrogen-bond donors (Lipinski definition) is 1. The fourth-order valence-corrected chi connectivity index (χ4v) is 2.49. The van der Waals surface area contributed by atoms with E-state index in [0.717, 1.165) is 19.6 Å². The third-order valence-corrected chi connectivity index (χ3v) is 3.87. The van der Waals surface area contributed by atoms with E-state index in [-0.39, 0.29) is 11.5 Å². The van der Waals surface area contributed by atoms with Crippen LogP contribution in [-0.2, 0) is 10.2 Å². The average Bonchev–Trinajstić information content (AvgIpc) is 2.43. The predicted molar refractivity (Wildman–Crippen MR) is 91.9 cm³/mol. The lowest BCUT2D eigenvalue weighted by molar-refractivity contribution is 0.0442. The van der Waals surface area contributed by atoms with Gasteiger partial charge in [0.2, 0.25) is 0 Å². The topological polar surface area (TPSA) is 21.3 Å². The van der Waals surface area contributed by atoms with Gasteiger partial charge in [-0.05, 0) is 36.4 Å². The molecular weight excluding hydrogens is 258 g/mol. The lowest BCUT2D eigenvalue weighted by Gasteiger charge is -2.23. The first kappa shape index (κ1) is 18.2. The second-order valence-corrected chi connectivity index (χ2v) is 6.91. The zero-order chi connectivity index (χ0) is 15.9. The Labute approximate surface area is 131 Å². The number of benzene rings is 1. The largest absolute Gasteiger partial charge is 0.377 e. The molecule has 0 fully saturated rings. The predicted octanol–water partition coefficient (Wildman–Crippen LogP) is 4.84. The maximum absolute atomic E-state index is 5.99. The van der Waals surface area contributed by atoms with Gasteiger partial charge in [0.1, 0.15) is 0 Å². The highest BCUT2D eigenvalue weighted by atomic mass is 16.5. The minimum atomic E-state index is 0.207. The Kier molecular flexibility index (Phi) is 7.41. The van der Waals surface area contributed by atoms with E-state index in [0.29, 0.717) is 6.10 Å². The van der Waals surface area contributed by atoms with Crippen molar-refractivity contribution in [2.75, 3.05) is 13.2 Å². The zero-order valence-electron chi connectivity index (χ0n) is 14.7. The van der Waals surface area contributed by atoms with Crippen LogP contribution in [0.5, 0.6) is 0 Å². The highest BCUT2D eigenvalue weighted by molar-refractivity contribution is 5.29. The molecule has 0 aliphatic carbocycles. The Hall–Kier alpha value is -0.860. The Morgan fingerprint density at radius 2 is 1.71 bits per heavy atom. The summed E-state index contributed by atoms with van der Waals surface area (Å²) >= 11 is 0. The van der Waals surface area contributed by atoms with Crippen LogP contribution in [-0.4, -0.2) is 19.3 Å². The van der Waals surface area contributed by atoms with Crippen LogP contribution in [0.4, 0.5) is 0 Å². The van der Waals surface area contributed by atoms with Gasteiger partial charge in [0.05, 0.1) is 18.8 Å². The molecule has 0 aromatic heterocycles. The summed E-state index contributed by atoms with van der Waals surface area (Å²) in [6, 6.07) is 9.25. The Morgan fingerprint density at radius 3 is 2.19 bits per heavy atom. The summed E-state index contributed by atoms with van der Waals surface area (Å²) in [7, 11) is 0. The molecule has 0 saturated carbocycles. The summed E-state index contributed by atoms with van der Waals surface area (Å²) in [4.78, 5) is 0. The highest BCUT2D eigenvalue weighted by Crippen LogP contribution is 2.24. The third kappa shape index (κ3) is 6.19. The normalized spacial score (nSPS) is 15.0. The minimum absolute atomic E-state index is 0.207. The van der Waals surface area contributed by atoms with E-state index < -0.39 is 0 Å². The molecule has 1 aromatic rings. The number of ether oxygens (including phenoxy) is 1. The fraction of sp³-hybridized carbons (Fsp3) is 0.684. The van der Waals surface area contributed by atoms with E-state index in [1.54, 1.807) is 0 Å². The van der Waals surface area contributed by atoms with Crippen molar-refractivity contribution >= 4 is 0 Å². The minimum Gasteiger partial charge on any atom is -0.377 e. The van der Waals surface area contributed by atoms with Crippen LogP contribution in [0.25, 0.3) is 0 Å². The van der Waals surface area contributed by atoms with Gasteiger partial charge in [-0.3, -0.25) is 0 Å². The molecule has 0 spiro atoms. The summed E-state index contributed by atoms with van der Waals surface area (Å²) in [6.07, 6.45) is 2.64. The molecule has 2 heteroatoms. The van der Waals surface area contributed by atoms with E-state index in [1.807, 2.05) is 0 Å². The van der Waals surface area contributed by atoms with Crippen LogP contribution < -0.4 is 5.32 Å². The van der Waals surface area contributed by atoms with Gasteiger partial charge in [-0.25, -0.2) is 0 Å². The second kappa shape index (κ2) is 8.55. The lowest BCUT2D eigenvalue weighted by atomic mass is 9.86. The number of likely N-dealkylation sites (N-methyl/N-ethyl adjacent to an activating group) is 1.